The van der Waals surface area contributed by atoms with Gasteiger partial charge < -0.3 is 10.1 Å². The van der Waals surface area contributed by atoms with Gasteiger partial charge >= 0.3 is 0 Å². The van der Waals surface area contributed by atoms with Crippen LogP contribution in [0.25, 0.3) is 10.2 Å². The van der Waals surface area contributed by atoms with Crippen molar-refractivity contribution in [3.8, 4) is 6.07 Å². The van der Waals surface area contributed by atoms with Crippen molar-refractivity contribution in [2.24, 2.45) is 11.8 Å². The largest absolute Gasteiger partial charge is 0.376 e. The Kier molecular flexibility index (Phi) is 7.18. The Morgan fingerprint density at radius 1 is 1.45 bits per heavy atom. The molecule has 7 nitrogen and oxygen atoms in total. The van der Waals surface area contributed by atoms with E-state index >= 15 is 0 Å². The molecule has 0 saturated carbocycles. The Balaban J connectivity index is 1.65. The summed E-state index contributed by atoms with van der Waals surface area (Å²) in [6.45, 7) is 8.97. The highest BCUT2D eigenvalue weighted by Crippen LogP contribution is 2.36. The zero-order valence-corrected chi connectivity index (χ0v) is 21.4. The third kappa shape index (κ3) is 4.98. The van der Waals surface area contributed by atoms with Gasteiger partial charge in [-0.05, 0) is 56.4 Å². The highest BCUT2D eigenvalue weighted by Gasteiger charge is 2.31. The van der Waals surface area contributed by atoms with Gasteiger partial charge in [-0.2, -0.15) is 5.26 Å². The molecule has 2 aromatic rings. The van der Waals surface area contributed by atoms with E-state index in [0.717, 1.165) is 42.3 Å². The van der Waals surface area contributed by atoms with Crippen LogP contribution in [0.2, 0.25) is 0 Å². The summed E-state index contributed by atoms with van der Waals surface area (Å²) >= 11 is 2.88. The van der Waals surface area contributed by atoms with Crippen LogP contribution < -0.4 is 10.9 Å². The lowest BCUT2D eigenvalue weighted by Crippen LogP contribution is -2.49. The minimum Gasteiger partial charge on any atom is -0.376 e. The third-order valence-corrected chi connectivity index (χ3v) is 9.03. The minimum atomic E-state index is -0.935. The van der Waals surface area contributed by atoms with Gasteiger partial charge in [-0.1, -0.05) is 32.5 Å². The first-order chi connectivity index (χ1) is 15.7. The van der Waals surface area contributed by atoms with Crippen LogP contribution in [0.1, 0.15) is 57.4 Å². The number of ether oxygens (including phenoxy) is 1. The first kappa shape index (κ1) is 24.2. The van der Waals surface area contributed by atoms with Crippen molar-refractivity contribution in [2.75, 3.05) is 12.4 Å². The number of fused-ring (bicyclic) bond motifs is 3. The van der Waals surface area contributed by atoms with Gasteiger partial charge in [0.05, 0.1) is 29.9 Å². The van der Waals surface area contributed by atoms with Crippen LogP contribution in [-0.2, 0) is 28.9 Å². The highest BCUT2D eigenvalue weighted by molar-refractivity contribution is 7.99. The standard InChI is InChI=1S/C24H32N4O3S2/c1-14(2)24(4,13-25)27-19(29)12-32-23-26-21-20(17-8-7-15(3)10-18(17)33-21)22(30)28(23)11-16-6-5-9-31-16/h14-16H,5-12H2,1-4H3,(H,27,29). The van der Waals surface area contributed by atoms with Gasteiger partial charge in [0.15, 0.2) is 5.16 Å². The van der Waals surface area contributed by atoms with Gasteiger partial charge in [0, 0.05) is 11.5 Å². The van der Waals surface area contributed by atoms with Crippen LogP contribution in [0, 0.1) is 23.2 Å². The lowest BCUT2D eigenvalue weighted by Gasteiger charge is -2.27. The van der Waals surface area contributed by atoms with Crippen LogP contribution >= 0.6 is 23.1 Å². The first-order valence-corrected chi connectivity index (χ1v) is 13.5. The van der Waals surface area contributed by atoms with E-state index in [1.165, 1.54) is 22.2 Å². The van der Waals surface area contributed by atoms with Crippen LogP contribution in [0.3, 0.4) is 0 Å². The van der Waals surface area contributed by atoms with E-state index in [0.29, 0.717) is 24.2 Å². The van der Waals surface area contributed by atoms with E-state index in [1.54, 1.807) is 22.8 Å². The molecule has 1 N–H and O–H groups in total. The summed E-state index contributed by atoms with van der Waals surface area (Å²) in [5, 5.41) is 13.7. The Hall–Kier alpha value is -1.89. The number of thioether (sulfide) groups is 1. The molecule has 178 valence electrons. The molecular weight excluding hydrogens is 456 g/mol. The third-order valence-electron chi connectivity index (χ3n) is 6.91. The molecule has 9 heteroatoms. The van der Waals surface area contributed by atoms with Crippen molar-refractivity contribution < 1.29 is 9.53 Å². The Morgan fingerprint density at radius 2 is 2.24 bits per heavy atom. The number of nitrogens with zero attached hydrogens (tertiary/aromatic N) is 3. The van der Waals surface area contributed by atoms with Crippen molar-refractivity contribution in [2.45, 2.75) is 83.1 Å². The van der Waals surface area contributed by atoms with Gasteiger partial charge in [-0.15, -0.1) is 11.3 Å². The van der Waals surface area contributed by atoms with E-state index in [9.17, 15) is 14.9 Å². The molecule has 3 unspecified atom stereocenters. The number of nitrogens with one attached hydrogen (secondary N) is 1. The molecule has 1 saturated heterocycles. The summed E-state index contributed by atoms with van der Waals surface area (Å²) < 4.78 is 7.53. The number of hydrogen-bond donors (Lipinski definition) is 1. The molecule has 2 aromatic heterocycles. The Bertz CT molecular complexity index is 1140. The molecule has 1 amide bonds. The van der Waals surface area contributed by atoms with Crippen molar-refractivity contribution in [3.05, 3.63) is 20.8 Å². The molecule has 1 fully saturated rings. The molecular formula is C24H32N4O3S2. The SMILES string of the molecule is CC1CCc2c(sc3nc(SCC(=O)NC(C)(C#N)C(C)C)n(CC4CCCO4)c(=O)c23)C1. The van der Waals surface area contributed by atoms with E-state index in [2.05, 4.69) is 18.3 Å². The fraction of sp³-hybridized carbons (Fsp3) is 0.667. The predicted molar refractivity (Wildman–Crippen MR) is 132 cm³/mol. The van der Waals surface area contributed by atoms with E-state index < -0.39 is 5.54 Å². The van der Waals surface area contributed by atoms with Crippen molar-refractivity contribution in [1.29, 1.82) is 5.26 Å². The number of thiophene rings is 1. The summed E-state index contributed by atoms with van der Waals surface area (Å²) in [6.07, 6.45) is 4.91. The molecule has 0 spiro atoms. The van der Waals surface area contributed by atoms with Gasteiger partial charge in [-0.25, -0.2) is 4.98 Å². The lowest BCUT2D eigenvalue weighted by molar-refractivity contribution is -0.120. The topological polar surface area (TPSA) is 97.0 Å². The summed E-state index contributed by atoms with van der Waals surface area (Å²) in [6, 6.07) is 2.20. The van der Waals surface area contributed by atoms with Crippen molar-refractivity contribution >= 4 is 39.2 Å². The number of aromatic nitrogens is 2. The maximum Gasteiger partial charge on any atom is 0.263 e. The van der Waals surface area contributed by atoms with E-state index in [4.69, 9.17) is 9.72 Å². The fourth-order valence-corrected chi connectivity index (χ4v) is 6.66. The number of amides is 1. The Labute approximate surface area is 202 Å². The van der Waals surface area contributed by atoms with Crippen molar-refractivity contribution in [3.63, 3.8) is 0 Å². The second kappa shape index (κ2) is 9.77. The maximum atomic E-state index is 13.7. The molecule has 0 aromatic carbocycles. The quantitative estimate of drug-likeness (QED) is 0.469. The molecule has 3 heterocycles. The second-order valence-corrected chi connectivity index (χ2v) is 11.8. The van der Waals surface area contributed by atoms with E-state index in [1.807, 2.05) is 13.8 Å². The number of nitriles is 1. The van der Waals surface area contributed by atoms with Gasteiger partial charge in [0.2, 0.25) is 5.91 Å². The molecule has 1 aliphatic heterocycles. The molecule has 2 aliphatic rings. The number of aryl methyl sites for hydroxylation is 1. The smallest absolute Gasteiger partial charge is 0.263 e. The Morgan fingerprint density at radius 3 is 2.91 bits per heavy atom. The summed E-state index contributed by atoms with van der Waals surface area (Å²) in [4.78, 5) is 33.3. The normalized spacial score (nSPS) is 22.2. The van der Waals surface area contributed by atoms with Crippen LogP contribution in [-0.4, -0.2) is 39.5 Å². The fourth-order valence-electron chi connectivity index (χ4n) is 4.43. The van der Waals surface area contributed by atoms with Crippen molar-refractivity contribution in [1.82, 2.24) is 14.9 Å². The number of rotatable bonds is 7. The number of carbonyl (C=O) groups is 1. The molecule has 4 rings (SSSR count). The lowest BCUT2D eigenvalue weighted by atomic mass is 9.89. The van der Waals surface area contributed by atoms with Crippen LogP contribution in [0.4, 0.5) is 0 Å². The predicted octanol–water partition coefficient (Wildman–Crippen LogP) is 3.91. The molecule has 3 atom stereocenters. The molecule has 1 aliphatic carbocycles. The van der Waals surface area contributed by atoms with Gasteiger partial charge in [0.1, 0.15) is 10.4 Å². The molecule has 0 bridgehead atoms. The van der Waals surface area contributed by atoms with E-state index in [-0.39, 0.29) is 29.2 Å². The van der Waals surface area contributed by atoms with Gasteiger partial charge in [-0.3, -0.25) is 14.2 Å². The first-order valence-electron chi connectivity index (χ1n) is 11.7. The number of carbonyl (C=O) groups excluding carboxylic acids is 1. The zero-order valence-electron chi connectivity index (χ0n) is 19.8. The minimum absolute atomic E-state index is 0.00701. The van der Waals surface area contributed by atoms with Crippen LogP contribution in [0.5, 0.6) is 0 Å². The number of hydrogen-bond acceptors (Lipinski definition) is 7. The van der Waals surface area contributed by atoms with Gasteiger partial charge in [0.25, 0.3) is 5.56 Å². The summed E-state index contributed by atoms with van der Waals surface area (Å²) in [5.41, 5.74) is 0.216. The average molecular weight is 489 g/mol. The molecule has 0 radical (unpaired) electrons. The monoisotopic (exact) mass is 488 g/mol. The summed E-state index contributed by atoms with van der Waals surface area (Å²) in [7, 11) is 0. The second-order valence-electron chi connectivity index (χ2n) is 9.78. The van der Waals surface area contributed by atoms with Crippen LogP contribution in [0.15, 0.2) is 9.95 Å². The summed E-state index contributed by atoms with van der Waals surface area (Å²) in [5.74, 6) is 0.446. The zero-order chi connectivity index (χ0) is 23.8. The highest BCUT2D eigenvalue weighted by atomic mass is 32.2. The average Bonchev–Trinajstić information content (AvgIpc) is 3.41. The maximum absolute atomic E-state index is 13.7. The molecule has 33 heavy (non-hydrogen) atoms.